The van der Waals surface area contributed by atoms with Crippen molar-refractivity contribution in [2.45, 2.75) is 64.7 Å². The van der Waals surface area contributed by atoms with E-state index in [1.165, 1.54) is 12.1 Å². The third kappa shape index (κ3) is 5.22. The zero-order valence-electron chi connectivity index (χ0n) is 21.6. The van der Waals surface area contributed by atoms with Gasteiger partial charge >= 0.3 is 0 Å². The van der Waals surface area contributed by atoms with Crippen LogP contribution in [0, 0.1) is 18.6 Å². The minimum Gasteiger partial charge on any atom is -0.367 e. The maximum Gasteiger partial charge on any atom is 0.159 e. The number of halogens is 2. The lowest BCUT2D eigenvalue weighted by Crippen LogP contribution is -2.61. The Morgan fingerprint density at radius 1 is 1.11 bits per heavy atom. The van der Waals surface area contributed by atoms with Gasteiger partial charge in [0.2, 0.25) is 0 Å². The quantitative estimate of drug-likeness (QED) is 0.661. The molecule has 5 rings (SSSR count). The van der Waals surface area contributed by atoms with Crippen LogP contribution in [0.25, 0.3) is 0 Å². The van der Waals surface area contributed by atoms with E-state index < -0.39 is 11.6 Å². The molecule has 0 spiro atoms. The number of anilines is 1. The van der Waals surface area contributed by atoms with Gasteiger partial charge < -0.3 is 10.2 Å². The molecule has 1 aromatic heterocycles. The number of aliphatic imine (C=N–C) groups is 1. The van der Waals surface area contributed by atoms with E-state index >= 15 is 0 Å². The third-order valence-corrected chi connectivity index (χ3v) is 7.88. The minimum atomic E-state index is -0.784. The first-order chi connectivity index (χ1) is 17.4. The second kappa shape index (κ2) is 10.8. The van der Waals surface area contributed by atoms with Crippen molar-refractivity contribution in [2.24, 2.45) is 4.99 Å². The van der Waals surface area contributed by atoms with Crippen LogP contribution in [-0.4, -0.2) is 83.0 Å². The lowest BCUT2D eigenvalue weighted by atomic mass is 9.96. The maximum atomic E-state index is 13.6. The molecule has 194 valence electrons. The molecule has 0 unspecified atom stereocenters. The molecule has 4 heterocycles. The first kappa shape index (κ1) is 25.0. The van der Waals surface area contributed by atoms with E-state index in [1.54, 1.807) is 6.07 Å². The summed E-state index contributed by atoms with van der Waals surface area (Å²) < 4.78 is 26.9. The summed E-state index contributed by atoms with van der Waals surface area (Å²) in [5, 5.41) is 3.28. The number of aryl methyl sites for hydroxylation is 1. The molecule has 2 fully saturated rings. The molecule has 3 aliphatic heterocycles. The summed E-state index contributed by atoms with van der Waals surface area (Å²) in [4.78, 5) is 21.6. The van der Waals surface area contributed by atoms with Gasteiger partial charge in [-0.2, -0.15) is 0 Å². The highest BCUT2D eigenvalue weighted by molar-refractivity contribution is 5.97. The van der Waals surface area contributed by atoms with E-state index in [9.17, 15) is 8.78 Å². The van der Waals surface area contributed by atoms with Crippen LogP contribution in [0.15, 0.2) is 29.4 Å². The summed E-state index contributed by atoms with van der Waals surface area (Å²) in [6.07, 6.45) is 5.12. The Morgan fingerprint density at radius 3 is 2.58 bits per heavy atom. The zero-order chi connectivity index (χ0) is 25.2. The molecule has 7 nitrogen and oxygen atoms in total. The summed E-state index contributed by atoms with van der Waals surface area (Å²) in [5.74, 6) is 0.272. The lowest BCUT2D eigenvalue weighted by molar-refractivity contribution is 0.0505. The molecule has 9 heteroatoms. The van der Waals surface area contributed by atoms with Crippen molar-refractivity contribution in [3.8, 4) is 0 Å². The average Bonchev–Trinajstić information content (AvgIpc) is 3.42. The second-order valence-corrected chi connectivity index (χ2v) is 10.3. The van der Waals surface area contributed by atoms with Crippen LogP contribution in [0.4, 0.5) is 14.6 Å². The van der Waals surface area contributed by atoms with Crippen LogP contribution >= 0.6 is 0 Å². The lowest BCUT2D eigenvalue weighted by Gasteiger charge is -2.50. The van der Waals surface area contributed by atoms with Crippen LogP contribution < -0.4 is 10.2 Å². The summed E-state index contributed by atoms with van der Waals surface area (Å²) in [6, 6.07) is 5.59. The molecule has 0 amide bonds. The zero-order valence-corrected chi connectivity index (χ0v) is 21.6. The molecule has 1 aromatic carbocycles. The first-order valence-electron chi connectivity index (χ1n) is 13.2. The van der Waals surface area contributed by atoms with Crippen LogP contribution in [0.1, 0.15) is 50.1 Å². The predicted octanol–water partition coefficient (Wildman–Crippen LogP) is 3.37. The Balaban J connectivity index is 1.21. The highest BCUT2D eigenvalue weighted by atomic mass is 19.2. The molecule has 0 radical (unpaired) electrons. The number of aromatic nitrogens is 2. The molecular weight excluding hydrogens is 460 g/mol. The predicted molar refractivity (Wildman–Crippen MR) is 138 cm³/mol. The smallest absolute Gasteiger partial charge is 0.159 e. The largest absolute Gasteiger partial charge is 0.367 e. The van der Waals surface area contributed by atoms with Gasteiger partial charge in [-0.05, 0) is 63.9 Å². The van der Waals surface area contributed by atoms with Gasteiger partial charge in [-0.1, -0.05) is 13.0 Å². The maximum absolute atomic E-state index is 13.6. The number of benzene rings is 1. The molecule has 2 saturated heterocycles. The fourth-order valence-electron chi connectivity index (χ4n) is 5.92. The molecule has 1 N–H and O–H groups in total. The molecule has 2 aromatic rings. The number of piperidine rings is 1. The van der Waals surface area contributed by atoms with Crippen molar-refractivity contribution >= 4 is 11.7 Å². The van der Waals surface area contributed by atoms with Crippen molar-refractivity contribution in [3.63, 3.8) is 0 Å². The van der Waals surface area contributed by atoms with Gasteiger partial charge in [-0.3, -0.25) is 14.8 Å². The molecule has 0 bridgehead atoms. The van der Waals surface area contributed by atoms with Gasteiger partial charge in [-0.25, -0.2) is 18.7 Å². The number of rotatable bonds is 6. The van der Waals surface area contributed by atoms with E-state index in [1.807, 2.05) is 13.1 Å². The van der Waals surface area contributed by atoms with Crippen LogP contribution in [-0.2, 0) is 6.54 Å². The van der Waals surface area contributed by atoms with E-state index in [0.29, 0.717) is 24.7 Å². The van der Waals surface area contributed by atoms with E-state index in [0.717, 1.165) is 87.1 Å². The summed E-state index contributed by atoms with van der Waals surface area (Å²) >= 11 is 0. The highest BCUT2D eigenvalue weighted by Gasteiger charge is 2.37. The highest BCUT2D eigenvalue weighted by Crippen LogP contribution is 2.29. The monoisotopic (exact) mass is 497 g/mol. The Hall–Kier alpha value is -2.65. The molecule has 2 atom stereocenters. The fraction of sp³-hybridized carbons (Fsp3) is 0.593. The van der Waals surface area contributed by atoms with Crippen molar-refractivity contribution < 1.29 is 8.78 Å². The van der Waals surface area contributed by atoms with Crippen molar-refractivity contribution in [1.29, 1.82) is 0 Å². The Bertz CT molecular complexity index is 1100. The van der Waals surface area contributed by atoms with Gasteiger partial charge in [0.25, 0.3) is 0 Å². The number of nitrogens with zero attached hydrogens (tertiary/aromatic N) is 6. The number of hydrogen-bond donors (Lipinski definition) is 1. The minimum absolute atomic E-state index is 0.341. The molecule has 3 aliphatic rings. The molecule has 0 aliphatic carbocycles. The van der Waals surface area contributed by atoms with Crippen LogP contribution in [0.2, 0.25) is 0 Å². The van der Waals surface area contributed by atoms with E-state index in [2.05, 4.69) is 38.9 Å². The third-order valence-electron chi connectivity index (χ3n) is 7.88. The fourth-order valence-corrected chi connectivity index (χ4v) is 5.92. The van der Waals surface area contributed by atoms with E-state index in [4.69, 9.17) is 9.97 Å². The van der Waals surface area contributed by atoms with Crippen LogP contribution in [0.5, 0.6) is 0 Å². The second-order valence-electron chi connectivity index (χ2n) is 10.3. The Morgan fingerprint density at radius 2 is 1.92 bits per heavy atom. The molecule has 0 saturated carbocycles. The topological polar surface area (TPSA) is 59.9 Å². The van der Waals surface area contributed by atoms with Gasteiger partial charge in [-0.15, -0.1) is 0 Å². The first-order valence-corrected chi connectivity index (χ1v) is 13.2. The SMILES string of the molecule is CC[C@H]1CN(c2ncc(C3=NCCN3)nc2C)[C@H](C)CN1C1CCN(Cc2ccc(F)c(F)c2)CC1. The van der Waals surface area contributed by atoms with Gasteiger partial charge in [0.05, 0.1) is 18.4 Å². The normalized spacial score (nSPS) is 24.1. The Labute approximate surface area is 212 Å². The molecular formula is C27H37F2N7. The van der Waals surface area contributed by atoms with Gasteiger partial charge in [0, 0.05) is 44.3 Å². The standard InChI is InChI=1S/C27H37F2N7/c1-4-21-17-35(27-19(3)33-25(14-32-27)26-30-9-10-31-26)18(2)15-36(21)22-7-11-34(12-8-22)16-20-5-6-23(28)24(29)13-20/h5-6,13-14,18,21-22H,4,7-12,15-17H2,1-3H3,(H,30,31)/t18-,21+/m1/s1. The van der Waals surface area contributed by atoms with Crippen molar-refractivity contribution in [3.05, 3.63) is 53.0 Å². The number of likely N-dealkylation sites (tertiary alicyclic amines) is 1. The Kier molecular flexibility index (Phi) is 7.48. The van der Waals surface area contributed by atoms with Crippen LogP contribution in [0.3, 0.4) is 0 Å². The molecule has 36 heavy (non-hydrogen) atoms. The number of nitrogens with one attached hydrogen (secondary N) is 1. The van der Waals surface area contributed by atoms with Gasteiger partial charge in [0.1, 0.15) is 17.3 Å². The van der Waals surface area contributed by atoms with E-state index in [-0.39, 0.29) is 0 Å². The van der Waals surface area contributed by atoms with Crippen molar-refractivity contribution in [2.75, 3.05) is 44.2 Å². The number of piperazine rings is 1. The number of hydrogen-bond acceptors (Lipinski definition) is 7. The summed E-state index contributed by atoms with van der Waals surface area (Å²) in [7, 11) is 0. The summed E-state index contributed by atoms with van der Waals surface area (Å²) in [5.41, 5.74) is 2.60. The average molecular weight is 498 g/mol. The van der Waals surface area contributed by atoms with Gasteiger partial charge in [0.15, 0.2) is 11.6 Å². The number of amidine groups is 1. The van der Waals surface area contributed by atoms with Crippen molar-refractivity contribution in [1.82, 2.24) is 25.1 Å². The summed E-state index contributed by atoms with van der Waals surface area (Å²) in [6.45, 7) is 12.8.